The summed E-state index contributed by atoms with van der Waals surface area (Å²) in [4.78, 5) is 82.1. The molecule has 16 aromatic rings. The Hall–Kier alpha value is -14.3. The SMILES string of the molecule is C.C.CO.COC(=O)On1nnc2ccccc21.COC(=O)On1nnc2ccccc21.O.O=C(On1nnc2ccccc21)On1nnc2ccccc21.O=C(On1nnc2ccccc21)On1nnc2ccccc21.On1nnc2ccccc21.On1nnc2ccccc21.[3H]B(C)C.[3H]B(C)C. The fourth-order valence-electron chi connectivity index (χ4n) is 7.73. The van der Waals surface area contributed by atoms with Crippen molar-refractivity contribution in [3.8, 4) is 0 Å². The van der Waals surface area contributed by atoms with Gasteiger partial charge in [0.25, 0.3) is 0 Å². The Labute approximate surface area is 585 Å². The quantitative estimate of drug-likeness (QED) is 0.0812. The molecule has 534 valence electrons. The predicted molar refractivity (Wildman–Crippen MR) is 373 cm³/mol. The highest BCUT2D eigenvalue weighted by Crippen LogP contribution is 2.15. The van der Waals surface area contributed by atoms with E-state index >= 15 is 0 Å². The summed E-state index contributed by atoms with van der Waals surface area (Å²) in [6, 6.07) is 56.8. The summed E-state index contributed by atoms with van der Waals surface area (Å²) < 4.78 is 21.8. The lowest BCUT2D eigenvalue weighted by molar-refractivity contribution is 0.0254. The Kier molecular flexibility index (Phi) is 29.8. The van der Waals surface area contributed by atoms with Crippen molar-refractivity contribution in [1.82, 2.24) is 121 Å². The number of hydrogen-bond acceptors (Lipinski definition) is 31. The highest BCUT2D eigenvalue weighted by molar-refractivity contribution is 6.31. The van der Waals surface area contributed by atoms with Crippen molar-refractivity contribution in [2.24, 2.45) is 0 Å². The average Bonchev–Trinajstić information content (AvgIpc) is 1.66. The molecule has 16 rings (SSSR count). The molecule has 40 nitrogen and oxygen atoms in total. The van der Waals surface area contributed by atoms with E-state index in [4.69, 9.17) is 47.2 Å². The Morgan fingerprint density at radius 3 is 0.621 bits per heavy atom. The summed E-state index contributed by atoms with van der Waals surface area (Å²) in [5.41, 5.74) is 9.74. The first kappa shape index (κ1) is 76.1. The molecule has 0 saturated heterocycles. The van der Waals surface area contributed by atoms with Gasteiger partial charge in [0.05, 0.1) is 14.2 Å². The van der Waals surface area contributed by atoms with Gasteiger partial charge >= 0.3 is 24.6 Å². The molecule has 0 unspecified atom stereocenters. The van der Waals surface area contributed by atoms with Crippen molar-refractivity contribution in [1.29, 1.82) is 2.67 Å². The number of aromatic nitrogens is 24. The third-order valence-electron chi connectivity index (χ3n) is 11.9. The molecule has 0 bridgehead atoms. The van der Waals surface area contributed by atoms with Gasteiger partial charge in [-0.2, -0.15) is 9.59 Å². The van der Waals surface area contributed by atoms with Gasteiger partial charge in [-0.15, -0.1) is 40.8 Å². The molecule has 0 aliphatic rings. The molecule has 8 aromatic heterocycles. The van der Waals surface area contributed by atoms with Crippen molar-refractivity contribution in [2.75, 3.05) is 21.3 Å². The Morgan fingerprint density at radius 1 is 0.301 bits per heavy atom. The maximum absolute atomic E-state index is 11.8. The number of aliphatic hydroxyl groups is 1. The van der Waals surface area contributed by atoms with Gasteiger partial charge in [-0.1, -0.05) is 178 Å². The number of aliphatic hydroxyl groups excluding tert-OH is 1. The highest BCUT2D eigenvalue weighted by atomic mass is 16.9. The molecule has 0 saturated carbocycles. The average molecular weight is 1420 g/mol. The summed E-state index contributed by atoms with van der Waals surface area (Å²) in [5, 5.41) is 84.3. The summed E-state index contributed by atoms with van der Waals surface area (Å²) in [5.74, 6) is 0. The summed E-state index contributed by atoms with van der Waals surface area (Å²) in [6.07, 6.45) is -3.68. The number of hydrogen-bond donors (Lipinski definition) is 3. The fraction of sp³-hybridized carbons (Fsp3) is 0.148. The Balaban J connectivity index is 0.000000224. The molecular weight excluding hydrogens is 1350 g/mol. The number of carbonyl (C=O) groups excluding carboxylic acids is 4. The number of fused-ring (bicyclic) bond motifs is 8. The van der Waals surface area contributed by atoms with E-state index in [9.17, 15) is 19.2 Å². The van der Waals surface area contributed by atoms with Crippen LogP contribution in [0.2, 0.25) is 27.3 Å². The van der Waals surface area contributed by atoms with Crippen molar-refractivity contribution in [2.45, 2.75) is 42.1 Å². The normalized spacial score (nSPS) is 10.0. The van der Waals surface area contributed by atoms with Crippen LogP contribution in [0.1, 0.15) is 14.9 Å². The predicted octanol–water partition coefficient (Wildman–Crippen LogP) is 5.39. The van der Waals surface area contributed by atoms with E-state index in [0.29, 0.717) is 88.3 Å². The van der Waals surface area contributed by atoms with E-state index in [1.54, 1.807) is 158 Å². The second kappa shape index (κ2) is 40.4. The minimum absolute atomic E-state index is 0. The lowest BCUT2D eigenvalue weighted by Crippen LogP contribution is -2.30. The van der Waals surface area contributed by atoms with Gasteiger partial charge < -0.3 is 30.5 Å². The zero-order valence-corrected chi connectivity index (χ0v) is 54.1. The largest absolute Gasteiger partial charge is 0.562 e. The van der Waals surface area contributed by atoms with Gasteiger partial charge in [0.1, 0.15) is 103 Å². The molecule has 0 atom stereocenters. The van der Waals surface area contributed by atoms with Gasteiger partial charge in [0.15, 0.2) is 0 Å². The minimum Gasteiger partial charge on any atom is -0.436 e. The second-order valence-electron chi connectivity index (χ2n) is 18.8. The summed E-state index contributed by atoms with van der Waals surface area (Å²) >= 11 is 0. The molecule has 0 amide bonds. The van der Waals surface area contributed by atoms with Crippen molar-refractivity contribution in [3.05, 3.63) is 194 Å². The van der Waals surface area contributed by atoms with Gasteiger partial charge in [0.2, 0.25) is 0 Å². The number of para-hydroxylation sites is 8. The first-order chi connectivity index (χ1) is 49.5. The monoisotopic (exact) mass is 1420 g/mol. The molecule has 0 aliphatic carbocycles. The maximum atomic E-state index is 11.8. The highest BCUT2D eigenvalue weighted by Gasteiger charge is 2.18. The van der Waals surface area contributed by atoms with Crippen LogP contribution in [-0.4, -0.2) is 205 Å². The Morgan fingerprint density at radius 2 is 0.447 bits per heavy atom. The molecule has 5 N–H and O–H groups in total. The van der Waals surface area contributed by atoms with Crippen molar-refractivity contribution in [3.63, 3.8) is 0 Å². The maximum Gasteiger partial charge on any atom is 0.562 e. The van der Waals surface area contributed by atoms with Crippen molar-refractivity contribution < 1.29 is 78.7 Å². The number of methoxy groups -OCH3 is 2. The van der Waals surface area contributed by atoms with Crippen LogP contribution < -0.4 is 29.0 Å². The van der Waals surface area contributed by atoms with Crippen molar-refractivity contribution >= 4 is 127 Å². The van der Waals surface area contributed by atoms with Crippen LogP contribution in [0.25, 0.3) is 88.3 Å². The molecule has 0 aliphatic heterocycles. The van der Waals surface area contributed by atoms with Crippen LogP contribution in [-0.2, 0) is 9.47 Å². The molecule has 42 heteroatoms. The summed E-state index contributed by atoms with van der Waals surface area (Å²) in [6.45, 7) is 7.33. The molecule has 0 spiro atoms. The fourth-order valence-corrected chi connectivity index (χ4v) is 7.73. The first-order valence-electron chi connectivity index (χ1n) is 30.1. The van der Waals surface area contributed by atoms with Crippen LogP contribution in [0.3, 0.4) is 0 Å². The van der Waals surface area contributed by atoms with Crippen LogP contribution in [0, 0.1) is 0 Å². The van der Waals surface area contributed by atoms with Crippen LogP contribution in [0.15, 0.2) is 194 Å². The molecule has 0 radical (unpaired) electrons. The Bertz CT molecular complexity index is 4860. The van der Waals surface area contributed by atoms with Crippen LogP contribution in [0.5, 0.6) is 0 Å². The van der Waals surface area contributed by atoms with Crippen LogP contribution in [0.4, 0.5) is 19.2 Å². The van der Waals surface area contributed by atoms with Crippen LogP contribution >= 0.6 is 0 Å². The van der Waals surface area contributed by atoms with E-state index in [2.05, 4.69) is 92.0 Å². The van der Waals surface area contributed by atoms with Gasteiger partial charge in [-0.05, 0) is 141 Å². The van der Waals surface area contributed by atoms with E-state index < -0.39 is 24.6 Å². The molecule has 8 aromatic carbocycles. The smallest absolute Gasteiger partial charge is 0.436 e. The molecule has 103 heavy (non-hydrogen) atoms. The van der Waals surface area contributed by atoms with E-state index in [1.165, 1.54) is 14.2 Å². The molecule has 0 fully saturated rings. The first-order valence-corrected chi connectivity index (χ1v) is 28.9. The van der Waals surface area contributed by atoms with E-state index in [0.717, 1.165) is 45.9 Å². The van der Waals surface area contributed by atoms with Gasteiger partial charge in [-0.25, -0.2) is 9.59 Å². The molecule has 8 heterocycles. The summed E-state index contributed by atoms with van der Waals surface area (Å²) in [7, 11) is 3.61. The lowest BCUT2D eigenvalue weighted by Gasteiger charge is -2.03. The van der Waals surface area contributed by atoms with Gasteiger partial charge in [-0.3, -0.25) is 29.0 Å². The third-order valence-corrected chi connectivity index (χ3v) is 11.9. The zero-order chi connectivity index (χ0) is 72.9. The second-order valence-corrected chi connectivity index (χ2v) is 18.8. The zero-order valence-electron chi connectivity index (χ0n) is 56.1. The number of ether oxygens (including phenoxy) is 2. The number of rotatable bonds is 6. The number of benzene rings is 8. The van der Waals surface area contributed by atoms with Gasteiger partial charge in [0, 0.05) is 7.11 Å². The van der Waals surface area contributed by atoms with E-state index in [1.807, 2.05) is 63.7 Å². The topological polar surface area (TPSA) is 480 Å². The van der Waals surface area contributed by atoms with E-state index in [-0.39, 0.29) is 34.8 Å². The lowest BCUT2D eigenvalue weighted by atomic mass is 9.88. The minimum atomic E-state index is -1.01. The number of carbonyl (C=O) groups is 4. The third kappa shape index (κ3) is 21.3. The molecular formula is C61H68B2N24O16. The number of nitrogens with zero attached hydrogens (tertiary/aromatic N) is 24. The standard InChI is InChI=1S/2C13H8N6O3.2C8H7N3O3.2C6H5N3O.2C2H7B.CH4O.2CH4.H2O/c2*20-13(21-18-11-7-3-1-5-9(11)14-16-18)22-19-12-8-4-2-6-10(12)15-17-19;2*1-13-8(12)14-11-7-5-3-2-4-6(7)9-10-11;2*10-9-6-4-2-1-3-5(6)7-8-9;2*1-3-2;1-2;;;/h2*1-8H;2*2-5H,1H3;2*1-4,10H;2*3H,1-2H3;2H,1H3;2*1H4;1H2/i;;;;;;2*3T;;;;.